The van der Waals surface area contributed by atoms with E-state index in [1.54, 1.807) is 0 Å². The van der Waals surface area contributed by atoms with Crippen molar-refractivity contribution in [3.05, 3.63) is 0 Å². The Morgan fingerprint density at radius 1 is 1.23 bits per heavy atom. The molecule has 152 valence electrons. The number of hydrogen-bond donors (Lipinski definition) is 2. The van der Waals surface area contributed by atoms with E-state index in [4.69, 9.17) is 9.47 Å². The zero-order chi connectivity index (χ0) is 17.7. The first kappa shape index (κ1) is 23.4. The molecule has 0 aliphatic carbocycles. The summed E-state index contributed by atoms with van der Waals surface area (Å²) in [6.07, 6.45) is 5.37. The van der Waals surface area contributed by atoms with Crippen LogP contribution in [-0.2, 0) is 14.3 Å². The van der Waals surface area contributed by atoms with Gasteiger partial charge >= 0.3 is 0 Å². The molecule has 2 rings (SSSR count). The molecule has 2 saturated heterocycles. The fraction of sp³-hybridized carbons (Fsp3) is 0.889. The average molecular weight is 482 g/mol. The molecular weight excluding hydrogens is 447 g/mol. The maximum absolute atomic E-state index is 12.1. The highest BCUT2D eigenvalue weighted by Gasteiger charge is 2.17. The average Bonchev–Trinajstić information content (AvgIpc) is 3.18. The summed E-state index contributed by atoms with van der Waals surface area (Å²) in [5, 5.41) is 6.46. The molecule has 0 unspecified atom stereocenters. The number of guanidine groups is 1. The first-order chi connectivity index (χ1) is 12.3. The molecule has 8 heteroatoms. The summed E-state index contributed by atoms with van der Waals surface area (Å²) in [5.41, 5.74) is 0. The van der Waals surface area contributed by atoms with E-state index < -0.39 is 0 Å². The van der Waals surface area contributed by atoms with Crippen LogP contribution in [0.4, 0.5) is 0 Å². The van der Waals surface area contributed by atoms with Crippen molar-refractivity contribution >= 4 is 35.8 Å². The van der Waals surface area contributed by atoms with Gasteiger partial charge in [0, 0.05) is 52.6 Å². The van der Waals surface area contributed by atoms with Gasteiger partial charge in [-0.3, -0.25) is 4.79 Å². The van der Waals surface area contributed by atoms with E-state index in [1.807, 2.05) is 11.8 Å². The van der Waals surface area contributed by atoms with Crippen molar-refractivity contribution in [3.63, 3.8) is 0 Å². The predicted octanol–water partition coefficient (Wildman–Crippen LogP) is 1.62. The number of hydrogen-bond acceptors (Lipinski definition) is 4. The molecule has 7 nitrogen and oxygen atoms in total. The molecule has 2 aliphatic rings. The molecule has 2 N–H and O–H groups in total. The van der Waals surface area contributed by atoms with Crippen LogP contribution in [-0.4, -0.2) is 75.9 Å². The van der Waals surface area contributed by atoms with Gasteiger partial charge in [0.25, 0.3) is 0 Å². The van der Waals surface area contributed by atoms with Crippen LogP contribution in [0.2, 0.25) is 0 Å². The van der Waals surface area contributed by atoms with Crippen LogP contribution in [0.1, 0.15) is 39.0 Å². The fourth-order valence-electron chi connectivity index (χ4n) is 3.10. The Labute approximate surface area is 174 Å². The molecular formula is C18H35IN4O3. The topological polar surface area (TPSA) is 75.2 Å². The van der Waals surface area contributed by atoms with Crippen LogP contribution in [0.15, 0.2) is 4.99 Å². The third-order valence-corrected chi connectivity index (χ3v) is 4.63. The second-order valence-electron chi connectivity index (χ2n) is 6.69. The number of likely N-dealkylation sites (tertiary alicyclic amines) is 1. The molecule has 2 heterocycles. The SMILES string of the molecule is CCNC(=NCC(=O)N1CCCC1)NCCCOCC1CCOCC1.I. The Morgan fingerprint density at radius 3 is 2.65 bits per heavy atom. The number of rotatable bonds is 9. The molecule has 0 radical (unpaired) electrons. The molecule has 0 saturated carbocycles. The molecule has 0 aromatic heterocycles. The van der Waals surface area contributed by atoms with E-state index in [9.17, 15) is 4.79 Å². The third-order valence-electron chi connectivity index (χ3n) is 4.63. The van der Waals surface area contributed by atoms with Crippen LogP contribution < -0.4 is 10.6 Å². The number of nitrogens with one attached hydrogen (secondary N) is 2. The van der Waals surface area contributed by atoms with Crippen molar-refractivity contribution in [2.75, 3.05) is 59.2 Å². The van der Waals surface area contributed by atoms with Crippen LogP contribution in [0, 0.1) is 5.92 Å². The lowest BCUT2D eigenvalue weighted by atomic mass is 10.0. The number of carbonyl (C=O) groups is 1. The largest absolute Gasteiger partial charge is 0.381 e. The lowest BCUT2D eigenvalue weighted by Crippen LogP contribution is -2.39. The van der Waals surface area contributed by atoms with Crippen molar-refractivity contribution in [3.8, 4) is 0 Å². The number of carbonyl (C=O) groups excluding carboxylic acids is 1. The summed E-state index contributed by atoms with van der Waals surface area (Å²) in [6.45, 7) is 8.89. The first-order valence-corrected chi connectivity index (χ1v) is 9.75. The zero-order valence-corrected chi connectivity index (χ0v) is 18.3. The molecule has 0 bridgehead atoms. The monoisotopic (exact) mass is 482 g/mol. The van der Waals surface area contributed by atoms with E-state index in [0.29, 0.717) is 11.9 Å². The number of ether oxygens (including phenoxy) is 2. The Kier molecular flexibility index (Phi) is 13.0. The highest BCUT2D eigenvalue weighted by atomic mass is 127. The van der Waals surface area contributed by atoms with Gasteiger partial charge in [-0.05, 0) is 44.9 Å². The van der Waals surface area contributed by atoms with Crippen molar-refractivity contribution in [2.45, 2.75) is 39.0 Å². The Bertz CT molecular complexity index is 411. The van der Waals surface area contributed by atoms with E-state index in [0.717, 1.165) is 84.7 Å². The number of amides is 1. The lowest BCUT2D eigenvalue weighted by molar-refractivity contribution is -0.128. The second kappa shape index (κ2) is 14.4. The zero-order valence-electron chi connectivity index (χ0n) is 16.0. The maximum Gasteiger partial charge on any atom is 0.244 e. The summed E-state index contributed by atoms with van der Waals surface area (Å²) in [7, 11) is 0. The van der Waals surface area contributed by atoms with Gasteiger partial charge in [0.15, 0.2) is 5.96 Å². The second-order valence-corrected chi connectivity index (χ2v) is 6.69. The summed E-state index contributed by atoms with van der Waals surface area (Å²) in [6, 6.07) is 0. The van der Waals surface area contributed by atoms with Gasteiger partial charge in [0.2, 0.25) is 5.91 Å². The summed E-state index contributed by atoms with van der Waals surface area (Å²) in [5.74, 6) is 1.48. The van der Waals surface area contributed by atoms with Gasteiger partial charge in [-0.1, -0.05) is 0 Å². The minimum absolute atomic E-state index is 0. The molecule has 2 aliphatic heterocycles. The molecule has 26 heavy (non-hydrogen) atoms. The lowest BCUT2D eigenvalue weighted by Gasteiger charge is -2.21. The van der Waals surface area contributed by atoms with Crippen molar-refractivity contribution in [2.24, 2.45) is 10.9 Å². The molecule has 0 atom stereocenters. The molecule has 2 fully saturated rings. The third kappa shape index (κ3) is 9.36. The number of halogens is 1. The fourth-order valence-corrected chi connectivity index (χ4v) is 3.10. The Balaban J connectivity index is 0.00000338. The predicted molar refractivity (Wildman–Crippen MR) is 114 cm³/mol. The van der Waals surface area contributed by atoms with Crippen molar-refractivity contribution in [1.29, 1.82) is 0 Å². The highest BCUT2D eigenvalue weighted by Crippen LogP contribution is 2.14. The normalized spacial score (nSPS) is 18.5. The summed E-state index contributed by atoms with van der Waals surface area (Å²) < 4.78 is 11.1. The molecule has 0 aromatic carbocycles. The van der Waals surface area contributed by atoms with Gasteiger partial charge < -0.3 is 25.0 Å². The van der Waals surface area contributed by atoms with Gasteiger partial charge in [-0.15, -0.1) is 24.0 Å². The van der Waals surface area contributed by atoms with Crippen LogP contribution in [0.5, 0.6) is 0 Å². The summed E-state index contributed by atoms with van der Waals surface area (Å²) in [4.78, 5) is 18.4. The standard InChI is InChI=1S/C18H34N4O3.HI/c1-2-19-18(21-14-17(23)22-9-3-4-10-22)20-8-5-11-25-15-16-6-12-24-13-7-16;/h16H,2-15H2,1H3,(H2,19,20,21);1H. The van der Waals surface area contributed by atoms with E-state index in [1.165, 1.54) is 0 Å². The van der Waals surface area contributed by atoms with E-state index in [2.05, 4.69) is 15.6 Å². The summed E-state index contributed by atoms with van der Waals surface area (Å²) >= 11 is 0. The van der Waals surface area contributed by atoms with E-state index in [-0.39, 0.29) is 36.4 Å². The smallest absolute Gasteiger partial charge is 0.244 e. The highest BCUT2D eigenvalue weighted by molar-refractivity contribution is 14.0. The van der Waals surface area contributed by atoms with Crippen LogP contribution in [0.25, 0.3) is 0 Å². The van der Waals surface area contributed by atoms with Crippen molar-refractivity contribution < 1.29 is 14.3 Å². The van der Waals surface area contributed by atoms with Crippen LogP contribution >= 0.6 is 24.0 Å². The molecule has 0 spiro atoms. The van der Waals surface area contributed by atoms with Gasteiger partial charge in [-0.2, -0.15) is 0 Å². The Hall–Kier alpha value is -0.610. The quantitative estimate of drug-likeness (QED) is 0.226. The van der Waals surface area contributed by atoms with Crippen LogP contribution in [0.3, 0.4) is 0 Å². The van der Waals surface area contributed by atoms with E-state index >= 15 is 0 Å². The molecule has 0 aromatic rings. The van der Waals surface area contributed by atoms with Gasteiger partial charge in [0.05, 0.1) is 0 Å². The Morgan fingerprint density at radius 2 is 1.96 bits per heavy atom. The minimum Gasteiger partial charge on any atom is -0.381 e. The maximum atomic E-state index is 12.1. The number of nitrogens with zero attached hydrogens (tertiary/aromatic N) is 2. The first-order valence-electron chi connectivity index (χ1n) is 9.75. The van der Waals surface area contributed by atoms with Gasteiger partial charge in [-0.25, -0.2) is 4.99 Å². The van der Waals surface area contributed by atoms with Crippen molar-refractivity contribution in [1.82, 2.24) is 15.5 Å². The minimum atomic E-state index is 0. The molecule has 1 amide bonds. The van der Waals surface area contributed by atoms with Gasteiger partial charge in [0.1, 0.15) is 6.54 Å². The number of aliphatic imine (C=N–C) groups is 1.